The summed E-state index contributed by atoms with van der Waals surface area (Å²) in [6.07, 6.45) is 2.09. The lowest BCUT2D eigenvalue weighted by Crippen LogP contribution is -2.44. The van der Waals surface area contributed by atoms with E-state index in [-0.39, 0.29) is 5.25 Å². The second kappa shape index (κ2) is 9.61. The van der Waals surface area contributed by atoms with Crippen molar-refractivity contribution in [2.24, 2.45) is 0 Å². The van der Waals surface area contributed by atoms with E-state index in [0.717, 1.165) is 21.8 Å². The molecule has 29 heavy (non-hydrogen) atoms. The van der Waals surface area contributed by atoms with Crippen LogP contribution in [0.2, 0.25) is 0 Å². The molecule has 3 nitrogen and oxygen atoms in total. The average Bonchev–Trinajstić information content (AvgIpc) is 2.75. The second-order valence-electron chi connectivity index (χ2n) is 7.14. The summed E-state index contributed by atoms with van der Waals surface area (Å²) in [5.41, 5.74) is 2.83. The smallest absolute Gasteiger partial charge is 0.125 e. The van der Waals surface area contributed by atoms with Gasteiger partial charge in [0.05, 0.1) is 22.8 Å². The summed E-state index contributed by atoms with van der Waals surface area (Å²) in [5.74, 6) is 0.802. The summed E-state index contributed by atoms with van der Waals surface area (Å²) in [7, 11) is 0.301. The quantitative estimate of drug-likeness (QED) is 0.508. The van der Waals surface area contributed by atoms with Crippen LogP contribution in [0.4, 0.5) is 0 Å². The van der Waals surface area contributed by atoms with Crippen LogP contribution in [-0.4, -0.2) is 17.6 Å². The lowest BCUT2D eigenvalue weighted by molar-refractivity contribution is 0.411. The topological polar surface area (TPSA) is 38.3 Å². The number of hydrogen-bond acceptors (Lipinski definition) is 3. The highest BCUT2D eigenvalue weighted by Crippen LogP contribution is 2.44. The summed E-state index contributed by atoms with van der Waals surface area (Å²) in [6, 6.07) is 26.2. The Morgan fingerprint density at radius 1 is 0.966 bits per heavy atom. The molecule has 0 heterocycles. The fraction of sp³-hybridized carbons (Fsp3) is 0.250. The van der Waals surface area contributed by atoms with Crippen LogP contribution in [0.25, 0.3) is 0 Å². The second-order valence-corrected chi connectivity index (χ2v) is 9.30. The summed E-state index contributed by atoms with van der Waals surface area (Å²) in [5, 5.41) is 0.0616. The summed E-state index contributed by atoms with van der Waals surface area (Å²) < 4.78 is 22.1. The van der Waals surface area contributed by atoms with Gasteiger partial charge in [0.1, 0.15) is 16.7 Å². The normalized spacial score (nSPS) is 15.3. The molecule has 0 aliphatic carbocycles. The molecule has 0 fully saturated rings. The molecule has 0 saturated carbocycles. The number of nitrogens with one attached hydrogen (secondary N) is 1. The van der Waals surface area contributed by atoms with Crippen molar-refractivity contribution in [3.63, 3.8) is 0 Å². The number of methoxy groups -OCH3 is 1. The Morgan fingerprint density at radius 2 is 1.59 bits per heavy atom. The van der Waals surface area contributed by atoms with Crippen LogP contribution >= 0.6 is 11.8 Å². The molecular formula is C24H27NO2S2. The Kier molecular flexibility index (Phi) is 7.17. The molecule has 3 rings (SSSR count). The molecule has 0 spiro atoms. The van der Waals surface area contributed by atoms with Crippen molar-refractivity contribution in [3.05, 3.63) is 95.6 Å². The fourth-order valence-electron chi connectivity index (χ4n) is 3.45. The highest BCUT2D eigenvalue weighted by atomic mass is 32.2. The van der Waals surface area contributed by atoms with Crippen LogP contribution in [0.15, 0.2) is 83.8 Å². The molecule has 1 N–H and O–H groups in total. The molecule has 5 heteroatoms. The Balaban J connectivity index is 2.04. The van der Waals surface area contributed by atoms with Crippen LogP contribution in [0.5, 0.6) is 5.75 Å². The van der Waals surface area contributed by atoms with E-state index < -0.39 is 16.5 Å². The van der Waals surface area contributed by atoms with Crippen molar-refractivity contribution >= 4 is 22.7 Å². The molecule has 3 atom stereocenters. The van der Waals surface area contributed by atoms with E-state index in [2.05, 4.69) is 30.0 Å². The van der Waals surface area contributed by atoms with Crippen molar-refractivity contribution in [2.75, 3.05) is 13.4 Å². The van der Waals surface area contributed by atoms with E-state index in [1.54, 1.807) is 18.9 Å². The zero-order valence-electron chi connectivity index (χ0n) is 17.2. The van der Waals surface area contributed by atoms with Crippen LogP contribution in [0, 0.1) is 6.92 Å². The molecular weight excluding hydrogens is 398 g/mol. The lowest BCUT2D eigenvalue weighted by Gasteiger charge is -2.38. The maximum atomic E-state index is 13.3. The van der Waals surface area contributed by atoms with Gasteiger partial charge in [-0.05, 0) is 55.5 Å². The maximum Gasteiger partial charge on any atom is 0.125 e. The first-order valence-electron chi connectivity index (χ1n) is 9.46. The average molecular weight is 426 g/mol. The number of aryl methyl sites for hydroxylation is 1. The summed E-state index contributed by atoms with van der Waals surface area (Å²) in [4.78, 5) is 0.767. The first kappa shape index (κ1) is 21.6. The zero-order chi connectivity index (χ0) is 20.9. The maximum absolute atomic E-state index is 13.3. The number of hydrogen-bond donors (Lipinski definition) is 1. The van der Waals surface area contributed by atoms with E-state index in [1.165, 1.54) is 5.56 Å². The van der Waals surface area contributed by atoms with Gasteiger partial charge in [-0.2, -0.15) is 11.8 Å². The standard InChI is InChI=1S/C24H27NO2S2/c1-18-10-16-22(17-11-18)29(26)25-24(2,20-12-14-21(27-3)15-13-20)23(28-4)19-8-6-5-7-9-19/h5-17,23,25H,1-4H3/t23-,24-,29+/m0/s1. The number of benzene rings is 3. The van der Waals surface area contributed by atoms with Crippen molar-refractivity contribution in [3.8, 4) is 5.75 Å². The minimum Gasteiger partial charge on any atom is -0.497 e. The van der Waals surface area contributed by atoms with Gasteiger partial charge in [-0.1, -0.05) is 60.2 Å². The predicted octanol–water partition coefficient (Wildman–Crippen LogP) is 5.64. The number of ether oxygens (including phenoxy) is 1. The third-order valence-electron chi connectivity index (χ3n) is 5.09. The Bertz CT molecular complexity index is 943. The van der Waals surface area contributed by atoms with Gasteiger partial charge in [0.15, 0.2) is 0 Å². The summed E-state index contributed by atoms with van der Waals surface area (Å²) in [6.45, 7) is 4.15. The van der Waals surface area contributed by atoms with Crippen molar-refractivity contribution < 1.29 is 8.95 Å². The van der Waals surface area contributed by atoms with Gasteiger partial charge in [-0.3, -0.25) is 0 Å². The Morgan fingerprint density at radius 3 is 2.14 bits per heavy atom. The largest absolute Gasteiger partial charge is 0.497 e. The van der Waals surface area contributed by atoms with Gasteiger partial charge in [-0.15, -0.1) is 0 Å². The SMILES string of the molecule is COc1ccc([C@](C)(N[S@](=O)c2ccc(C)cc2)[C@@H](SC)c2ccccc2)cc1. The third-order valence-corrected chi connectivity index (χ3v) is 7.62. The molecule has 0 amide bonds. The predicted molar refractivity (Wildman–Crippen MR) is 124 cm³/mol. The van der Waals surface area contributed by atoms with Crippen molar-refractivity contribution in [1.82, 2.24) is 4.72 Å². The molecule has 0 radical (unpaired) electrons. The minimum absolute atomic E-state index is 0.0616. The fourth-order valence-corrected chi connectivity index (χ4v) is 5.74. The van der Waals surface area contributed by atoms with Crippen molar-refractivity contribution in [1.29, 1.82) is 0 Å². The van der Waals surface area contributed by atoms with Gasteiger partial charge in [0, 0.05) is 0 Å². The number of thioether (sulfide) groups is 1. The lowest BCUT2D eigenvalue weighted by atomic mass is 9.86. The molecule has 0 aliphatic rings. The van der Waals surface area contributed by atoms with Crippen LogP contribution in [0.3, 0.4) is 0 Å². The van der Waals surface area contributed by atoms with E-state index in [0.29, 0.717) is 0 Å². The van der Waals surface area contributed by atoms with E-state index >= 15 is 0 Å². The van der Waals surface area contributed by atoms with Gasteiger partial charge < -0.3 is 4.74 Å². The first-order chi connectivity index (χ1) is 14.0. The Hall–Kier alpha value is -2.08. The highest BCUT2D eigenvalue weighted by molar-refractivity contribution is 7.98. The van der Waals surface area contributed by atoms with Crippen LogP contribution in [-0.2, 0) is 16.5 Å². The Labute approximate surface area is 180 Å². The van der Waals surface area contributed by atoms with Crippen molar-refractivity contribution in [2.45, 2.75) is 29.5 Å². The molecule has 3 aromatic rings. The third kappa shape index (κ3) is 4.92. The monoisotopic (exact) mass is 425 g/mol. The van der Waals surface area contributed by atoms with Gasteiger partial charge >= 0.3 is 0 Å². The van der Waals surface area contributed by atoms with E-state index in [1.807, 2.05) is 73.7 Å². The van der Waals surface area contributed by atoms with E-state index in [4.69, 9.17) is 4.74 Å². The zero-order valence-corrected chi connectivity index (χ0v) is 18.8. The van der Waals surface area contributed by atoms with Gasteiger partial charge in [0.25, 0.3) is 0 Å². The molecule has 0 aromatic heterocycles. The van der Waals surface area contributed by atoms with Crippen LogP contribution < -0.4 is 9.46 Å². The molecule has 152 valence electrons. The number of rotatable bonds is 8. The van der Waals surface area contributed by atoms with Gasteiger partial charge in [0.2, 0.25) is 0 Å². The van der Waals surface area contributed by atoms with E-state index in [9.17, 15) is 4.21 Å². The van der Waals surface area contributed by atoms with Gasteiger partial charge in [-0.25, -0.2) is 8.93 Å². The van der Waals surface area contributed by atoms with Crippen LogP contribution in [0.1, 0.15) is 28.9 Å². The molecule has 0 aliphatic heterocycles. The molecule has 0 saturated heterocycles. The highest BCUT2D eigenvalue weighted by Gasteiger charge is 2.38. The summed E-state index contributed by atoms with van der Waals surface area (Å²) >= 11 is 1.75. The molecule has 0 unspecified atom stereocenters. The molecule has 0 bridgehead atoms. The first-order valence-corrected chi connectivity index (χ1v) is 11.9. The minimum atomic E-state index is -1.36. The molecule has 3 aromatic carbocycles.